The Balaban J connectivity index is 1.47. The summed E-state index contributed by atoms with van der Waals surface area (Å²) >= 11 is 0. The van der Waals surface area contributed by atoms with Gasteiger partial charge in [-0.15, -0.1) is 0 Å². The summed E-state index contributed by atoms with van der Waals surface area (Å²) in [4.78, 5) is 2.46. The minimum absolute atomic E-state index is 0.166. The van der Waals surface area contributed by atoms with E-state index in [1.807, 2.05) is 0 Å². The minimum atomic E-state index is -0.696. The number of aliphatic hydroxyl groups is 1. The number of benzene rings is 4. The van der Waals surface area contributed by atoms with Gasteiger partial charge in [0.25, 0.3) is 0 Å². The maximum Gasteiger partial charge on any atom is 0.143 e. The van der Waals surface area contributed by atoms with E-state index in [1.165, 1.54) is 12.0 Å². The Bertz CT molecular complexity index is 1100. The molecule has 0 amide bonds. The van der Waals surface area contributed by atoms with E-state index in [0.717, 1.165) is 36.1 Å². The lowest BCUT2D eigenvalue weighted by atomic mass is 9.80. The van der Waals surface area contributed by atoms with Crippen LogP contribution in [0.5, 0.6) is 0 Å². The number of hydrogen-bond donors (Lipinski definition) is 1. The Morgan fingerprint density at radius 1 is 0.676 bits per heavy atom. The van der Waals surface area contributed by atoms with Crippen molar-refractivity contribution in [2.24, 2.45) is 5.92 Å². The number of ether oxygens (including phenoxy) is 1. The van der Waals surface area contributed by atoms with Gasteiger partial charge < -0.3 is 9.84 Å². The number of nitrogens with zero attached hydrogens (tertiary/aromatic N) is 1. The lowest BCUT2D eigenvalue weighted by Crippen LogP contribution is -2.42. The SMILES string of the molecule is OCCN(Cc1ccccc1)[C@@H]1CCC[C@H]1COC(c1ccccc1)(c1ccccc1)c1ccccc1. The molecule has 0 heterocycles. The van der Waals surface area contributed by atoms with E-state index >= 15 is 0 Å². The van der Waals surface area contributed by atoms with Crippen LogP contribution < -0.4 is 0 Å². The molecule has 0 bridgehead atoms. The van der Waals surface area contributed by atoms with Gasteiger partial charge in [-0.1, -0.05) is 128 Å². The highest BCUT2D eigenvalue weighted by molar-refractivity contribution is 5.47. The summed E-state index contributed by atoms with van der Waals surface area (Å²) in [5.74, 6) is 0.394. The smallest absolute Gasteiger partial charge is 0.143 e. The molecule has 1 saturated carbocycles. The maximum atomic E-state index is 9.89. The fourth-order valence-corrected chi connectivity index (χ4v) is 6.00. The molecule has 2 atom stereocenters. The predicted octanol–water partition coefficient (Wildman–Crippen LogP) is 6.66. The molecule has 3 heteroatoms. The normalized spacial score (nSPS) is 17.8. The lowest BCUT2D eigenvalue weighted by molar-refractivity contribution is -0.0243. The zero-order valence-corrected chi connectivity index (χ0v) is 21.5. The molecule has 0 saturated heterocycles. The average molecular weight is 492 g/mol. The van der Waals surface area contributed by atoms with Crippen LogP contribution in [0.15, 0.2) is 121 Å². The molecule has 1 aliphatic rings. The van der Waals surface area contributed by atoms with E-state index in [9.17, 15) is 5.11 Å². The van der Waals surface area contributed by atoms with Crippen LogP contribution in [-0.4, -0.2) is 35.8 Å². The van der Waals surface area contributed by atoms with Crippen molar-refractivity contribution in [2.75, 3.05) is 19.8 Å². The summed E-state index contributed by atoms with van der Waals surface area (Å²) < 4.78 is 7.19. The van der Waals surface area contributed by atoms with Crippen molar-refractivity contribution in [1.29, 1.82) is 0 Å². The summed E-state index contributed by atoms with van der Waals surface area (Å²) in [6, 6.07) is 42.8. The molecule has 3 nitrogen and oxygen atoms in total. The van der Waals surface area contributed by atoms with E-state index in [2.05, 4.69) is 126 Å². The van der Waals surface area contributed by atoms with Crippen LogP contribution in [0.2, 0.25) is 0 Å². The van der Waals surface area contributed by atoms with Crippen molar-refractivity contribution in [3.8, 4) is 0 Å². The highest BCUT2D eigenvalue weighted by Gasteiger charge is 2.40. The van der Waals surface area contributed by atoms with Gasteiger partial charge in [-0.25, -0.2) is 0 Å². The van der Waals surface area contributed by atoms with Gasteiger partial charge in [0, 0.05) is 19.1 Å². The van der Waals surface area contributed by atoms with Crippen LogP contribution in [0.1, 0.15) is 41.5 Å². The Morgan fingerprint density at radius 2 is 1.16 bits per heavy atom. The first-order chi connectivity index (χ1) is 18.3. The monoisotopic (exact) mass is 491 g/mol. The third-order valence-corrected chi connectivity index (χ3v) is 7.76. The molecule has 0 unspecified atom stereocenters. The molecule has 0 radical (unpaired) electrons. The van der Waals surface area contributed by atoms with Crippen molar-refractivity contribution in [3.63, 3.8) is 0 Å². The largest absolute Gasteiger partial charge is 0.395 e. The second-order valence-corrected chi connectivity index (χ2v) is 10.0. The fourth-order valence-electron chi connectivity index (χ4n) is 6.00. The fraction of sp³-hybridized carbons (Fsp3) is 0.294. The predicted molar refractivity (Wildman–Crippen MR) is 150 cm³/mol. The maximum absolute atomic E-state index is 9.89. The van der Waals surface area contributed by atoms with Crippen molar-refractivity contribution in [2.45, 2.75) is 37.5 Å². The van der Waals surface area contributed by atoms with Crippen LogP contribution in [0.3, 0.4) is 0 Å². The van der Waals surface area contributed by atoms with Crippen molar-refractivity contribution >= 4 is 0 Å². The molecular formula is C34H37NO2. The Morgan fingerprint density at radius 3 is 1.65 bits per heavy atom. The van der Waals surface area contributed by atoms with E-state index in [4.69, 9.17) is 4.74 Å². The molecule has 37 heavy (non-hydrogen) atoms. The van der Waals surface area contributed by atoms with Crippen LogP contribution in [0.4, 0.5) is 0 Å². The van der Waals surface area contributed by atoms with Gasteiger partial charge in [-0.3, -0.25) is 4.90 Å². The first-order valence-electron chi connectivity index (χ1n) is 13.5. The minimum Gasteiger partial charge on any atom is -0.395 e. The molecule has 0 spiro atoms. The first-order valence-corrected chi connectivity index (χ1v) is 13.5. The molecule has 4 aromatic carbocycles. The second-order valence-electron chi connectivity index (χ2n) is 10.0. The zero-order chi connectivity index (χ0) is 25.3. The second kappa shape index (κ2) is 12.3. The van der Waals surface area contributed by atoms with E-state index in [0.29, 0.717) is 25.1 Å². The molecular weight excluding hydrogens is 454 g/mol. The average Bonchev–Trinajstić information content (AvgIpc) is 3.44. The first kappa shape index (κ1) is 25.4. The van der Waals surface area contributed by atoms with Crippen molar-refractivity contribution < 1.29 is 9.84 Å². The standard InChI is InChI=1S/C34H37NO2/c36-25-24-35(26-28-14-5-1-6-15-28)33-23-13-16-29(33)27-37-34(30-17-7-2-8-18-30,31-19-9-3-10-20-31)32-21-11-4-12-22-32/h1-12,14-15,17-22,29,33,36H,13,16,23-27H2/t29-,33+/m0/s1. The van der Waals surface area contributed by atoms with Gasteiger partial charge in [-0.2, -0.15) is 0 Å². The molecule has 1 aliphatic carbocycles. The summed E-state index contributed by atoms with van der Waals surface area (Å²) in [5.41, 5.74) is 4.00. The Labute approximate surface area is 221 Å². The summed E-state index contributed by atoms with van der Waals surface area (Å²) in [5, 5.41) is 9.89. The topological polar surface area (TPSA) is 32.7 Å². The van der Waals surface area contributed by atoms with Gasteiger partial charge in [-0.05, 0) is 41.0 Å². The van der Waals surface area contributed by atoms with Crippen LogP contribution in [0, 0.1) is 5.92 Å². The van der Waals surface area contributed by atoms with Gasteiger partial charge in [0.05, 0.1) is 13.2 Å². The lowest BCUT2D eigenvalue weighted by Gasteiger charge is -2.39. The zero-order valence-electron chi connectivity index (χ0n) is 21.5. The Hall–Kier alpha value is -3.24. The van der Waals surface area contributed by atoms with Gasteiger partial charge in [0.15, 0.2) is 0 Å². The van der Waals surface area contributed by atoms with Crippen LogP contribution in [0.25, 0.3) is 0 Å². The summed E-state index contributed by atoms with van der Waals surface area (Å²) in [7, 11) is 0. The van der Waals surface area contributed by atoms with Crippen LogP contribution in [-0.2, 0) is 16.9 Å². The molecule has 1 fully saturated rings. The van der Waals surface area contributed by atoms with Gasteiger partial charge >= 0.3 is 0 Å². The van der Waals surface area contributed by atoms with Crippen molar-refractivity contribution in [3.05, 3.63) is 144 Å². The number of rotatable bonds is 11. The van der Waals surface area contributed by atoms with E-state index < -0.39 is 5.60 Å². The van der Waals surface area contributed by atoms with Crippen molar-refractivity contribution in [1.82, 2.24) is 4.90 Å². The highest BCUT2D eigenvalue weighted by Crippen LogP contribution is 2.42. The Kier molecular flexibility index (Phi) is 8.47. The number of aliphatic hydroxyl groups excluding tert-OH is 1. The molecule has 5 rings (SSSR count). The molecule has 0 aromatic heterocycles. The van der Waals surface area contributed by atoms with Crippen LogP contribution >= 0.6 is 0 Å². The summed E-state index contributed by atoms with van der Waals surface area (Å²) in [6.45, 7) is 2.35. The quantitative estimate of drug-likeness (QED) is 0.238. The highest BCUT2D eigenvalue weighted by atomic mass is 16.5. The van der Waals surface area contributed by atoms with E-state index in [-0.39, 0.29) is 6.61 Å². The molecule has 190 valence electrons. The third kappa shape index (κ3) is 5.70. The number of hydrogen-bond acceptors (Lipinski definition) is 3. The molecule has 0 aliphatic heterocycles. The van der Waals surface area contributed by atoms with Gasteiger partial charge in [0.1, 0.15) is 5.60 Å². The summed E-state index contributed by atoms with van der Waals surface area (Å²) in [6.07, 6.45) is 3.45. The molecule has 1 N–H and O–H groups in total. The molecule has 4 aromatic rings. The van der Waals surface area contributed by atoms with Gasteiger partial charge in [0.2, 0.25) is 0 Å². The third-order valence-electron chi connectivity index (χ3n) is 7.76. The van der Waals surface area contributed by atoms with E-state index in [1.54, 1.807) is 0 Å².